The van der Waals surface area contributed by atoms with E-state index < -0.39 is 52.8 Å². The molecule has 5 fully saturated rings. The normalized spacial score (nSPS) is 48.5. The summed E-state index contributed by atoms with van der Waals surface area (Å²) in [7, 11) is 0. The van der Waals surface area contributed by atoms with Gasteiger partial charge in [-0.2, -0.15) is 22.7 Å². The Balaban J connectivity index is 1.20. The second kappa shape index (κ2) is 6.02. The molecule has 4 bridgehead atoms. The Kier molecular flexibility index (Phi) is 3.91. The van der Waals surface area contributed by atoms with Crippen LogP contribution in [-0.2, 0) is 0 Å². The van der Waals surface area contributed by atoms with E-state index in [0.717, 1.165) is 0 Å². The van der Waals surface area contributed by atoms with E-state index in [1.165, 1.54) is 18.3 Å². The van der Waals surface area contributed by atoms with Crippen molar-refractivity contribution in [2.24, 2.45) is 46.5 Å². The summed E-state index contributed by atoms with van der Waals surface area (Å²) in [6.45, 7) is 0. The molecule has 6 rings (SSSR count). The third-order valence-corrected chi connectivity index (χ3v) is 9.27. The lowest BCUT2D eigenvalue weighted by atomic mass is 9.48. The van der Waals surface area contributed by atoms with Gasteiger partial charge in [-0.1, -0.05) is 11.6 Å². The lowest BCUT2D eigenvalue weighted by molar-refractivity contribution is -0.456. The molecule has 0 aromatic heterocycles. The van der Waals surface area contributed by atoms with Gasteiger partial charge in [0.25, 0.3) is 5.91 Å². The number of rotatable bonds is 3. The molecule has 1 aromatic rings. The number of amides is 1. The van der Waals surface area contributed by atoms with Crippen molar-refractivity contribution in [3.05, 3.63) is 34.9 Å². The van der Waals surface area contributed by atoms with Gasteiger partial charge in [0.1, 0.15) is 0 Å². The molecule has 32 heavy (non-hydrogen) atoms. The van der Waals surface area contributed by atoms with Crippen molar-refractivity contribution in [2.75, 3.05) is 0 Å². The van der Waals surface area contributed by atoms with Crippen LogP contribution in [0.3, 0.4) is 0 Å². The number of carbonyl (C=O) groups is 1. The molecule has 0 spiro atoms. The predicted octanol–water partition coefficient (Wildman–Crippen LogP) is 5.29. The fraction of sp³-hybridized carbons (Fsp3) is 0.636. The fourth-order valence-corrected chi connectivity index (χ4v) is 8.12. The lowest BCUT2D eigenvalue weighted by Gasteiger charge is -2.63. The van der Waals surface area contributed by atoms with Gasteiger partial charge in [-0.05, 0) is 73.1 Å². The van der Waals surface area contributed by atoms with Crippen molar-refractivity contribution in [2.45, 2.75) is 42.4 Å². The van der Waals surface area contributed by atoms with Gasteiger partial charge in [0.2, 0.25) is 11.3 Å². The van der Waals surface area contributed by atoms with Crippen LogP contribution in [0.25, 0.3) is 0 Å². The average molecular weight is 477 g/mol. The van der Waals surface area contributed by atoms with Crippen LogP contribution in [0.4, 0.5) is 26.3 Å². The average Bonchev–Trinajstić information content (AvgIpc) is 3.47. The van der Waals surface area contributed by atoms with Crippen molar-refractivity contribution >= 4 is 23.7 Å². The summed E-state index contributed by atoms with van der Waals surface area (Å²) in [4.78, 5) is 12.2. The van der Waals surface area contributed by atoms with E-state index in [-0.39, 0.29) is 24.2 Å². The van der Waals surface area contributed by atoms with E-state index in [1.54, 1.807) is 12.1 Å². The minimum Gasteiger partial charge on any atom is -0.267 e. The van der Waals surface area contributed by atoms with Crippen LogP contribution in [0.15, 0.2) is 29.4 Å². The number of nitrogens with zero attached hydrogens (tertiary/aromatic N) is 1. The number of nitrogens with one attached hydrogen (secondary N) is 1. The standard InChI is InChI=1S/C22H19ClF6N2O/c23-12-3-1-9(2-4-12)18(32)31-30-8-11-5-10-6-13(11)17-15-7-14(16(10)17)19(24)20(15,25)22(28,29)21(19,26)27/h1-4,8,10-11,13-17H,5-7H2,(H,31,32)/b30-8-/t10-,11-,13+,14+,15+,16+,17+,19+,20+/m1/s1. The monoisotopic (exact) mass is 476 g/mol. The third-order valence-electron chi connectivity index (χ3n) is 9.02. The minimum absolute atomic E-state index is 0.134. The molecule has 9 atom stereocenters. The zero-order chi connectivity index (χ0) is 22.8. The molecule has 0 saturated heterocycles. The molecule has 172 valence electrons. The van der Waals surface area contributed by atoms with E-state index in [4.69, 9.17) is 11.6 Å². The first-order valence-corrected chi connectivity index (χ1v) is 11.1. The Morgan fingerprint density at radius 2 is 1.53 bits per heavy atom. The van der Waals surface area contributed by atoms with Gasteiger partial charge in [0.15, 0.2) is 0 Å². The van der Waals surface area contributed by atoms with Crippen LogP contribution in [0.2, 0.25) is 5.02 Å². The maximum absolute atomic E-state index is 15.4. The first-order valence-electron chi connectivity index (χ1n) is 10.7. The zero-order valence-electron chi connectivity index (χ0n) is 16.6. The summed E-state index contributed by atoms with van der Waals surface area (Å²) >= 11 is 5.79. The molecular formula is C22H19ClF6N2O. The molecule has 0 unspecified atom stereocenters. The van der Waals surface area contributed by atoms with E-state index in [0.29, 0.717) is 23.4 Å². The Morgan fingerprint density at radius 3 is 2.16 bits per heavy atom. The van der Waals surface area contributed by atoms with Crippen molar-refractivity contribution in [1.82, 2.24) is 5.43 Å². The number of hydrogen-bond acceptors (Lipinski definition) is 2. The second-order valence-electron chi connectivity index (χ2n) is 9.96. The number of carbonyl (C=O) groups excluding carboxylic acids is 1. The molecule has 0 aliphatic heterocycles. The number of hydrogen-bond donors (Lipinski definition) is 1. The summed E-state index contributed by atoms with van der Waals surface area (Å²) in [5.41, 5.74) is -4.85. The molecule has 0 heterocycles. The highest BCUT2D eigenvalue weighted by atomic mass is 35.5. The molecule has 1 amide bonds. The zero-order valence-corrected chi connectivity index (χ0v) is 17.3. The van der Waals surface area contributed by atoms with Gasteiger partial charge >= 0.3 is 11.8 Å². The van der Waals surface area contributed by atoms with Gasteiger partial charge in [-0.25, -0.2) is 14.2 Å². The number of halogens is 7. The second-order valence-corrected chi connectivity index (χ2v) is 10.4. The van der Waals surface area contributed by atoms with Crippen molar-refractivity contribution in [3.63, 3.8) is 0 Å². The Bertz CT molecular complexity index is 1030. The first-order chi connectivity index (χ1) is 15.0. The number of benzene rings is 1. The largest absolute Gasteiger partial charge is 0.350 e. The predicted molar refractivity (Wildman–Crippen MR) is 103 cm³/mol. The summed E-state index contributed by atoms with van der Waals surface area (Å²) in [5.74, 6) is -14.9. The minimum atomic E-state index is -5.00. The molecule has 5 aliphatic carbocycles. The van der Waals surface area contributed by atoms with Gasteiger partial charge in [-0.3, -0.25) is 4.79 Å². The van der Waals surface area contributed by atoms with Gasteiger partial charge < -0.3 is 0 Å². The Labute approximate surface area is 184 Å². The molecule has 5 saturated carbocycles. The van der Waals surface area contributed by atoms with Crippen molar-refractivity contribution in [1.29, 1.82) is 0 Å². The lowest BCUT2D eigenvalue weighted by Crippen LogP contribution is -2.89. The van der Waals surface area contributed by atoms with Crippen LogP contribution >= 0.6 is 11.6 Å². The summed E-state index contributed by atoms with van der Waals surface area (Å²) in [6, 6.07) is 6.18. The van der Waals surface area contributed by atoms with E-state index in [1.807, 2.05) is 0 Å². The van der Waals surface area contributed by atoms with Crippen LogP contribution in [0, 0.1) is 41.4 Å². The van der Waals surface area contributed by atoms with Crippen molar-refractivity contribution in [3.8, 4) is 0 Å². The highest BCUT2D eigenvalue weighted by Crippen LogP contribution is 2.85. The summed E-state index contributed by atoms with van der Waals surface area (Å²) in [6.07, 6.45) is 2.33. The quantitative estimate of drug-likeness (QED) is 0.274. The maximum Gasteiger partial charge on any atom is 0.350 e. The van der Waals surface area contributed by atoms with E-state index >= 15 is 8.78 Å². The van der Waals surface area contributed by atoms with Gasteiger partial charge in [0.05, 0.1) is 0 Å². The highest BCUT2D eigenvalue weighted by molar-refractivity contribution is 6.30. The van der Waals surface area contributed by atoms with Crippen LogP contribution in [0.1, 0.15) is 29.6 Å². The molecule has 10 heteroatoms. The van der Waals surface area contributed by atoms with Crippen LogP contribution < -0.4 is 5.43 Å². The van der Waals surface area contributed by atoms with Crippen LogP contribution in [0.5, 0.6) is 0 Å². The number of hydrazone groups is 1. The smallest absolute Gasteiger partial charge is 0.267 e. The van der Waals surface area contributed by atoms with E-state index in [2.05, 4.69) is 10.5 Å². The first kappa shape index (κ1) is 20.8. The van der Waals surface area contributed by atoms with Crippen molar-refractivity contribution < 1.29 is 31.1 Å². The fourth-order valence-electron chi connectivity index (χ4n) is 7.99. The highest BCUT2D eigenvalue weighted by Gasteiger charge is 3.05. The Hall–Kier alpha value is -1.77. The molecule has 0 radical (unpaired) electrons. The third kappa shape index (κ3) is 2.00. The number of fused-ring (bicyclic) bond motifs is 12. The molecule has 1 aromatic carbocycles. The topological polar surface area (TPSA) is 41.5 Å². The van der Waals surface area contributed by atoms with E-state index in [9.17, 15) is 22.4 Å². The van der Waals surface area contributed by atoms with Gasteiger partial charge in [-0.15, -0.1) is 0 Å². The molecule has 1 N–H and O–H groups in total. The SMILES string of the molecule is O=C(N/N=C\[C@H]1C[C@@H]2C[C@@H]1[C@@H]1[C@@H]2[C@@H]2C[C@@H]1[C@@]1(F)C(F)(F)C(F)(F)[C@]21F)c1ccc(Cl)cc1. The molecule has 3 nitrogen and oxygen atoms in total. The summed E-state index contributed by atoms with van der Waals surface area (Å²) < 4.78 is 87.3. The maximum atomic E-state index is 15.4. The summed E-state index contributed by atoms with van der Waals surface area (Å²) in [5, 5.41) is 4.46. The van der Waals surface area contributed by atoms with Gasteiger partial charge in [0, 0.05) is 28.6 Å². The molecular weight excluding hydrogens is 458 g/mol. The Morgan fingerprint density at radius 1 is 0.938 bits per heavy atom. The van der Waals surface area contributed by atoms with Crippen LogP contribution in [-0.4, -0.2) is 35.3 Å². The number of alkyl halides is 6. The molecule has 5 aliphatic rings.